The molecule has 1 aromatic carbocycles. The number of carbonyl (C=O) groups is 3. The summed E-state index contributed by atoms with van der Waals surface area (Å²) in [5.41, 5.74) is 0.635. The van der Waals surface area contributed by atoms with Crippen molar-refractivity contribution >= 4 is 17.6 Å². The minimum Gasteiger partial charge on any atom is -0.342 e. The van der Waals surface area contributed by atoms with Crippen LogP contribution in [-0.4, -0.2) is 54.7 Å². The Morgan fingerprint density at radius 1 is 0.941 bits per heavy atom. The number of nitrogens with zero attached hydrogens (tertiary/aromatic N) is 1. The standard InChI is InChI=1S/C28H45N3O3/c1-18(2)22(17-19(3)20(4)32)31(11)26(34)24(27(5,6)7)30-25(33)23(29-10)28(8,9)21-15-13-12-14-16-21/h12-18,22-24,29H,1-11H3,(H,30,33)/b19-17+/t22-,23-,24-/m1/s1. The van der Waals surface area contributed by atoms with Gasteiger partial charge in [0.2, 0.25) is 11.8 Å². The molecule has 0 aliphatic rings. The Bertz CT molecular complexity index is 882. The Balaban J connectivity index is 3.29. The summed E-state index contributed by atoms with van der Waals surface area (Å²) in [4.78, 5) is 40.8. The minimum atomic E-state index is -0.736. The third-order valence-electron chi connectivity index (χ3n) is 6.64. The van der Waals surface area contributed by atoms with Crippen LogP contribution in [0.3, 0.4) is 0 Å². The molecule has 0 bridgehead atoms. The Kier molecular flexibility index (Phi) is 10.2. The van der Waals surface area contributed by atoms with E-state index in [-0.39, 0.29) is 29.6 Å². The average Bonchev–Trinajstić information content (AvgIpc) is 2.74. The topological polar surface area (TPSA) is 78.5 Å². The molecule has 3 atom stereocenters. The van der Waals surface area contributed by atoms with E-state index in [2.05, 4.69) is 10.6 Å². The Hall–Kier alpha value is -2.47. The molecule has 1 rings (SSSR count). The van der Waals surface area contributed by atoms with Crippen molar-refractivity contribution in [3.8, 4) is 0 Å². The molecule has 2 amide bonds. The summed E-state index contributed by atoms with van der Waals surface area (Å²) in [7, 11) is 3.50. The third-order valence-corrected chi connectivity index (χ3v) is 6.64. The number of ketones is 1. The molecule has 190 valence electrons. The highest BCUT2D eigenvalue weighted by Crippen LogP contribution is 2.29. The molecule has 0 aliphatic carbocycles. The molecule has 0 spiro atoms. The summed E-state index contributed by atoms with van der Waals surface area (Å²) in [6, 6.07) is 8.34. The summed E-state index contributed by atoms with van der Waals surface area (Å²) >= 11 is 0. The smallest absolute Gasteiger partial charge is 0.245 e. The summed E-state index contributed by atoms with van der Waals surface area (Å²) in [5.74, 6) is -0.331. The number of nitrogens with one attached hydrogen (secondary N) is 2. The Labute approximate surface area is 206 Å². The molecule has 0 unspecified atom stereocenters. The lowest BCUT2D eigenvalue weighted by atomic mass is 9.76. The minimum absolute atomic E-state index is 0.0211. The molecule has 6 nitrogen and oxygen atoms in total. The van der Waals surface area contributed by atoms with Gasteiger partial charge in [0.05, 0.1) is 12.1 Å². The van der Waals surface area contributed by atoms with Gasteiger partial charge < -0.3 is 15.5 Å². The van der Waals surface area contributed by atoms with E-state index in [1.165, 1.54) is 6.92 Å². The fourth-order valence-corrected chi connectivity index (χ4v) is 4.20. The third kappa shape index (κ3) is 7.26. The molecule has 0 aromatic heterocycles. The van der Waals surface area contributed by atoms with Crippen LogP contribution >= 0.6 is 0 Å². The van der Waals surface area contributed by atoms with E-state index in [9.17, 15) is 14.4 Å². The second-order valence-electron chi connectivity index (χ2n) is 11.2. The molecule has 6 heteroatoms. The lowest BCUT2D eigenvalue weighted by molar-refractivity contribution is -0.140. The number of rotatable bonds is 10. The van der Waals surface area contributed by atoms with Gasteiger partial charge in [-0.2, -0.15) is 0 Å². The van der Waals surface area contributed by atoms with E-state index in [4.69, 9.17) is 0 Å². The number of allylic oxidation sites excluding steroid dienone is 1. The van der Waals surface area contributed by atoms with Crippen molar-refractivity contribution in [3.05, 3.63) is 47.5 Å². The number of hydrogen-bond donors (Lipinski definition) is 2. The van der Waals surface area contributed by atoms with E-state index in [1.54, 1.807) is 25.9 Å². The van der Waals surface area contributed by atoms with Crippen molar-refractivity contribution < 1.29 is 14.4 Å². The van der Waals surface area contributed by atoms with Crippen LogP contribution in [0.1, 0.15) is 67.9 Å². The summed E-state index contributed by atoms with van der Waals surface area (Å²) in [6.07, 6.45) is 1.85. The van der Waals surface area contributed by atoms with Crippen LogP contribution in [0.25, 0.3) is 0 Å². The molecule has 2 N–H and O–H groups in total. The zero-order chi connectivity index (χ0) is 26.4. The van der Waals surface area contributed by atoms with Gasteiger partial charge in [0.15, 0.2) is 5.78 Å². The van der Waals surface area contributed by atoms with Crippen molar-refractivity contribution in [2.45, 2.75) is 85.9 Å². The first-order chi connectivity index (χ1) is 15.5. The lowest BCUT2D eigenvalue weighted by Crippen LogP contribution is -2.61. The largest absolute Gasteiger partial charge is 0.342 e. The van der Waals surface area contributed by atoms with E-state index in [0.717, 1.165) is 5.56 Å². The van der Waals surface area contributed by atoms with E-state index < -0.39 is 22.9 Å². The highest BCUT2D eigenvalue weighted by atomic mass is 16.2. The molecule has 0 aliphatic heterocycles. The molecule has 0 heterocycles. The van der Waals surface area contributed by atoms with Gasteiger partial charge >= 0.3 is 0 Å². The van der Waals surface area contributed by atoms with Crippen molar-refractivity contribution in [2.24, 2.45) is 11.3 Å². The molecular formula is C28H45N3O3. The quantitative estimate of drug-likeness (QED) is 0.504. The van der Waals surface area contributed by atoms with Crippen molar-refractivity contribution in [3.63, 3.8) is 0 Å². The van der Waals surface area contributed by atoms with Crippen LogP contribution < -0.4 is 10.6 Å². The van der Waals surface area contributed by atoms with E-state index >= 15 is 0 Å². The van der Waals surface area contributed by atoms with Gasteiger partial charge in [-0.3, -0.25) is 14.4 Å². The maximum Gasteiger partial charge on any atom is 0.245 e. The molecule has 0 saturated heterocycles. The second kappa shape index (κ2) is 11.8. The first kappa shape index (κ1) is 29.6. The van der Waals surface area contributed by atoms with Gasteiger partial charge in [-0.1, -0.05) is 84.9 Å². The summed E-state index contributed by atoms with van der Waals surface area (Å²) < 4.78 is 0. The monoisotopic (exact) mass is 471 g/mol. The maximum atomic E-state index is 13.7. The van der Waals surface area contributed by atoms with Crippen LogP contribution in [-0.2, 0) is 19.8 Å². The molecule has 0 saturated carbocycles. The number of carbonyl (C=O) groups excluding carboxylic acids is 3. The van der Waals surface area contributed by atoms with Gasteiger partial charge in [0, 0.05) is 12.5 Å². The van der Waals surface area contributed by atoms with Gasteiger partial charge in [-0.05, 0) is 43.4 Å². The normalized spacial score (nSPS) is 15.5. The predicted molar refractivity (Wildman–Crippen MR) is 140 cm³/mol. The first-order valence-electron chi connectivity index (χ1n) is 12.0. The maximum absolute atomic E-state index is 13.7. The fourth-order valence-electron chi connectivity index (χ4n) is 4.20. The number of benzene rings is 1. The second-order valence-corrected chi connectivity index (χ2v) is 11.2. The van der Waals surface area contributed by atoms with E-state index in [0.29, 0.717) is 5.57 Å². The van der Waals surface area contributed by atoms with Crippen molar-refractivity contribution in [2.75, 3.05) is 14.1 Å². The number of likely N-dealkylation sites (N-methyl/N-ethyl adjacent to an activating group) is 2. The first-order valence-corrected chi connectivity index (χ1v) is 12.0. The van der Waals surface area contributed by atoms with Gasteiger partial charge in [0.25, 0.3) is 0 Å². The molecule has 0 fully saturated rings. The van der Waals surface area contributed by atoms with Crippen LogP contribution in [0.2, 0.25) is 0 Å². The zero-order valence-corrected chi connectivity index (χ0v) is 22.9. The van der Waals surface area contributed by atoms with Crippen molar-refractivity contribution in [1.82, 2.24) is 15.5 Å². The Morgan fingerprint density at radius 2 is 1.47 bits per heavy atom. The molecule has 34 heavy (non-hydrogen) atoms. The van der Waals surface area contributed by atoms with Gasteiger partial charge in [0.1, 0.15) is 6.04 Å². The number of amides is 2. The number of Topliss-reactive ketones (excluding diaryl/α,β-unsaturated/α-hetero) is 1. The Morgan fingerprint density at radius 3 is 1.88 bits per heavy atom. The highest BCUT2D eigenvalue weighted by molar-refractivity contribution is 5.93. The van der Waals surface area contributed by atoms with Crippen LogP contribution in [0.15, 0.2) is 42.0 Å². The zero-order valence-electron chi connectivity index (χ0n) is 22.9. The van der Waals surface area contributed by atoms with Crippen LogP contribution in [0.5, 0.6) is 0 Å². The van der Waals surface area contributed by atoms with Gasteiger partial charge in [-0.15, -0.1) is 0 Å². The highest BCUT2D eigenvalue weighted by Gasteiger charge is 2.41. The van der Waals surface area contributed by atoms with Gasteiger partial charge in [-0.25, -0.2) is 0 Å². The lowest BCUT2D eigenvalue weighted by Gasteiger charge is -2.40. The molecule has 1 aromatic rings. The van der Waals surface area contributed by atoms with Crippen molar-refractivity contribution in [1.29, 1.82) is 0 Å². The van der Waals surface area contributed by atoms with Crippen LogP contribution in [0, 0.1) is 11.3 Å². The SMILES string of the molecule is CN[C@H](C(=O)N[C@H](C(=O)N(C)[C@H](/C=C(\C)C(C)=O)C(C)C)C(C)(C)C)C(C)(C)c1ccccc1. The summed E-state index contributed by atoms with van der Waals surface area (Å²) in [6.45, 7) is 17.2. The molecular weight excluding hydrogens is 426 g/mol. The number of hydrogen-bond acceptors (Lipinski definition) is 4. The van der Waals surface area contributed by atoms with E-state index in [1.807, 2.05) is 84.9 Å². The average molecular weight is 472 g/mol. The summed E-state index contributed by atoms with van der Waals surface area (Å²) in [5, 5.41) is 6.22. The van der Waals surface area contributed by atoms with Crippen LogP contribution in [0.4, 0.5) is 0 Å². The molecule has 0 radical (unpaired) electrons. The fraction of sp³-hybridized carbons (Fsp3) is 0.607. The predicted octanol–water partition coefficient (Wildman–Crippen LogP) is 4.10.